The first-order valence-corrected chi connectivity index (χ1v) is 12.7. The van der Waals surface area contributed by atoms with Crippen molar-refractivity contribution in [1.29, 1.82) is 0 Å². The molecule has 36 heavy (non-hydrogen) atoms. The van der Waals surface area contributed by atoms with Gasteiger partial charge in [0.05, 0.1) is 11.7 Å². The van der Waals surface area contributed by atoms with Crippen LogP contribution in [0.2, 0.25) is 0 Å². The van der Waals surface area contributed by atoms with Crippen LogP contribution >= 0.6 is 24.0 Å². The summed E-state index contributed by atoms with van der Waals surface area (Å²) in [6.07, 6.45) is 1.94. The summed E-state index contributed by atoms with van der Waals surface area (Å²) in [5, 5.41) is 7.46. The Bertz CT molecular complexity index is 1330. The van der Waals surface area contributed by atoms with Crippen molar-refractivity contribution in [3.63, 3.8) is 0 Å². The van der Waals surface area contributed by atoms with Crippen LogP contribution < -0.4 is 10.6 Å². The van der Waals surface area contributed by atoms with Crippen molar-refractivity contribution in [2.75, 3.05) is 11.9 Å². The average molecular weight is 519 g/mol. The molecule has 0 bridgehead atoms. The molecule has 0 unspecified atom stereocenters. The highest BCUT2D eigenvalue weighted by Gasteiger charge is 2.41. The lowest BCUT2D eigenvalue weighted by atomic mass is 10.0. The topological polar surface area (TPSA) is 70.4 Å². The van der Waals surface area contributed by atoms with Gasteiger partial charge in [-0.1, -0.05) is 36.0 Å². The molecule has 2 aromatic heterocycles. The summed E-state index contributed by atoms with van der Waals surface area (Å²) in [5.74, 6) is 0.188. The Morgan fingerprint density at radius 3 is 2.58 bits per heavy atom. The Kier molecular flexibility index (Phi) is 7.29. The summed E-state index contributed by atoms with van der Waals surface area (Å²) in [4.78, 5) is 20.2. The van der Waals surface area contributed by atoms with Gasteiger partial charge in [0.25, 0.3) is 0 Å². The maximum atomic E-state index is 13.2. The molecule has 0 saturated carbocycles. The number of halogens is 1. The minimum absolute atomic E-state index is 0.191. The van der Waals surface area contributed by atoms with Crippen LogP contribution in [0.3, 0.4) is 0 Å². The first kappa shape index (κ1) is 24.0. The lowest BCUT2D eigenvalue weighted by Gasteiger charge is -2.25. The summed E-state index contributed by atoms with van der Waals surface area (Å²) in [7, 11) is 0. The number of hydrogen-bond acceptors (Lipinski definition) is 5. The Labute approximate surface area is 217 Å². The number of amides is 1. The molecule has 1 aliphatic heterocycles. The highest BCUT2D eigenvalue weighted by Crippen LogP contribution is 2.41. The smallest absolute Gasteiger partial charge is 0.226 e. The van der Waals surface area contributed by atoms with Crippen molar-refractivity contribution in [2.24, 2.45) is 0 Å². The molecule has 2 atom stereocenters. The SMILES string of the molecule is O=C(CCN1C(=S)N[C@@H](c2ccccn2)[C@@H]1c1ccc(Sc2ccccc2)o1)Nc1ccc(F)cc1. The number of carbonyl (C=O) groups is 1. The van der Waals surface area contributed by atoms with Crippen LogP contribution in [0, 0.1) is 5.82 Å². The molecule has 0 aliphatic carbocycles. The van der Waals surface area contributed by atoms with Gasteiger partial charge in [0, 0.05) is 29.7 Å². The van der Waals surface area contributed by atoms with Crippen molar-refractivity contribution in [1.82, 2.24) is 15.2 Å². The van der Waals surface area contributed by atoms with Crippen LogP contribution in [0.4, 0.5) is 10.1 Å². The van der Waals surface area contributed by atoms with Gasteiger partial charge in [-0.05, 0) is 72.9 Å². The van der Waals surface area contributed by atoms with Crippen LogP contribution in [0.25, 0.3) is 0 Å². The second-order valence-electron chi connectivity index (χ2n) is 8.20. The van der Waals surface area contributed by atoms with Crippen molar-refractivity contribution in [2.45, 2.75) is 28.5 Å². The van der Waals surface area contributed by atoms with Crippen LogP contribution in [-0.4, -0.2) is 27.4 Å². The van der Waals surface area contributed by atoms with Gasteiger partial charge >= 0.3 is 0 Å². The molecule has 0 spiro atoms. The van der Waals surface area contributed by atoms with Gasteiger partial charge in [0.15, 0.2) is 10.2 Å². The Balaban J connectivity index is 1.35. The number of carbonyl (C=O) groups excluding carboxylic acids is 1. The van der Waals surface area contributed by atoms with Crippen molar-refractivity contribution < 1.29 is 13.6 Å². The first-order chi connectivity index (χ1) is 17.6. The summed E-state index contributed by atoms with van der Waals surface area (Å²) in [5.41, 5.74) is 1.37. The molecule has 2 aromatic carbocycles. The van der Waals surface area contributed by atoms with E-state index in [4.69, 9.17) is 16.6 Å². The molecule has 0 radical (unpaired) electrons. The van der Waals surface area contributed by atoms with E-state index in [1.54, 1.807) is 18.0 Å². The molecule has 5 rings (SSSR count). The Morgan fingerprint density at radius 1 is 1.06 bits per heavy atom. The number of thiocarbonyl (C=S) groups is 1. The van der Waals surface area contributed by atoms with Crippen molar-refractivity contribution in [3.05, 3.63) is 108 Å². The highest BCUT2D eigenvalue weighted by molar-refractivity contribution is 7.99. The quantitative estimate of drug-likeness (QED) is 0.279. The van der Waals surface area contributed by atoms with E-state index >= 15 is 0 Å². The van der Waals surface area contributed by atoms with Gasteiger partial charge in [-0.3, -0.25) is 9.78 Å². The molecule has 2 N–H and O–H groups in total. The minimum atomic E-state index is -0.354. The zero-order valence-corrected chi connectivity index (χ0v) is 20.8. The zero-order valence-electron chi connectivity index (χ0n) is 19.1. The summed E-state index contributed by atoms with van der Waals surface area (Å²) in [6.45, 7) is 0.370. The number of nitrogens with one attached hydrogen (secondary N) is 2. The molecule has 1 amide bonds. The number of pyridine rings is 1. The first-order valence-electron chi connectivity index (χ1n) is 11.4. The van der Waals surface area contributed by atoms with E-state index in [1.807, 2.05) is 65.6 Å². The van der Waals surface area contributed by atoms with E-state index in [9.17, 15) is 9.18 Å². The van der Waals surface area contributed by atoms with E-state index in [0.717, 1.165) is 21.4 Å². The molecule has 1 fully saturated rings. The highest BCUT2D eigenvalue weighted by atomic mass is 32.2. The minimum Gasteiger partial charge on any atom is -0.452 e. The fourth-order valence-electron chi connectivity index (χ4n) is 4.09. The normalized spacial score (nSPS) is 17.1. The molecule has 1 saturated heterocycles. The van der Waals surface area contributed by atoms with Gasteiger partial charge in [0.1, 0.15) is 17.6 Å². The van der Waals surface area contributed by atoms with Gasteiger partial charge in [-0.25, -0.2) is 4.39 Å². The number of benzene rings is 2. The summed E-state index contributed by atoms with van der Waals surface area (Å²) < 4.78 is 19.4. The molecular formula is C27H23FN4O2S2. The molecule has 182 valence electrons. The monoisotopic (exact) mass is 518 g/mol. The van der Waals surface area contributed by atoms with Crippen molar-refractivity contribution in [3.8, 4) is 0 Å². The van der Waals surface area contributed by atoms with Gasteiger partial charge in [0.2, 0.25) is 5.91 Å². The lowest BCUT2D eigenvalue weighted by molar-refractivity contribution is -0.116. The number of furan rings is 1. The Hall–Kier alpha value is -3.69. The molecule has 6 nitrogen and oxygen atoms in total. The van der Waals surface area contributed by atoms with E-state index in [2.05, 4.69) is 15.6 Å². The van der Waals surface area contributed by atoms with E-state index in [0.29, 0.717) is 17.3 Å². The lowest BCUT2D eigenvalue weighted by Crippen LogP contribution is -2.32. The summed E-state index contributed by atoms with van der Waals surface area (Å²) >= 11 is 7.21. The largest absolute Gasteiger partial charge is 0.452 e. The second-order valence-corrected chi connectivity index (χ2v) is 9.66. The molecule has 9 heteroatoms. The molecule has 3 heterocycles. The van der Waals surface area contributed by atoms with Crippen LogP contribution in [0.1, 0.15) is 30.0 Å². The fourth-order valence-corrected chi connectivity index (χ4v) is 5.22. The Morgan fingerprint density at radius 2 is 1.83 bits per heavy atom. The maximum absolute atomic E-state index is 13.2. The number of rotatable bonds is 8. The third kappa shape index (κ3) is 5.58. The predicted molar refractivity (Wildman–Crippen MR) is 141 cm³/mol. The van der Waals surface area contributed by atoms with Gasteiger partial charge in [-0.15, -0.1) is 0 Å². The van der Waals surface area contributed by atoms with Crippen molar-refractivity contribution >= 4 is 40.7 Å². The van der Waals surface area contributed by atoms with Gasteiger partial charge < -0.3 is 20.0 Å². The van der Waals surface area contributed by atoms with Crippen LogP contribution in [0.15, 0.2) is 106 Å². The standard InChI is InChI=1S/C27H23FN4O2S2/c28-18-9-11-19(12-10-18)30-23(33)15-17-32-26(25(31-27(32)35)21-8-4-5-16-29-21)22-13-14-24(34-22)36-20-6-2-1-3-7-20/h1-14,16,25-26H,15,17H2,(H,30,33)(H,31,35)/t25-,26-/m0/s1. The number of anilines is 1. The van der Waals surface area contributed by atoms with E-state index in [1.165, 1.54) is 24.3 Å². The zero-order chi connectivity index (χ0) is 24.9. The number of nitrogens with zero attached hydrogens (tertiary/aromatic N) is 2. The molecule has 4 aromatic rings. The van der Waals surface area contributed by atoms with Crippen LogP contribution in [-0.2, 0) is 4.79 Å². The second kappa shape index (κ2) is 10.9. The third-order valence-corrected chi connectivity index (χ3v) is 7.04. The predicted octanol–water partition coefficient (Wildman–Crippen LogP) is 5.97. The summed E-state index contributed by atoms with van der Waals surface area (Å²) in [6, 6.07) is 24.8. The van der Waals surface area contributed by atoms with E-state index in [-0.39, 0.29) is 30.2 Å². The maximum Gasteiger partial charge on any atom is 0.226 e. The fraction of sp³-hybridized carbons (Fsp3) is 0.148. The number of aromatic nitrogens is 1. The third-order valence-electron chi connectivity index (χ3n) is 5.76. The molecular weight excluding hydrogens is 495 g/mol. The van der Waals surface area contributed by atoms with Crippen LogP contribution in [0.5, 0.6) is 0 Å². The number of hydrogen-bond donors (Lipinski definition) is 2. The molecule has 1 aliphatic rings. The van der Waals surface area contributed by atoms with Gasteiger partial charge in [-0.2, -0.15) is 0 Å². The average Bonchev–Trinajstić information content (AvgIpc) is 3.49. The van der Waals surface area contributed by atoms with E-state index < -0.39 is 0 Å².